The molecular weight excluding hydrogens is 359 g/mol. The Labute approximate surface area is 160 Å². The van der Waals surface area contributed by atoms with Crippen LogP contribution in [0, 0.1) is 5.82 Å². The van der Waals surface area contributed by atoms with Gasteiger partial charge in [0.25, 0.3) is 5.91 Å². The smallest absolute Gasteiger partial charge is 0.293 e. The van der Waals surface area contributed by atoms with Gasteiger partial charge in [0.15, 0.2) is 11.4 Å². The molecule has 140 valence electrons. The van der Waals surface area contributed by atoms with Gasteiger partial charge in [-0.3, -0.25) is 4.79 Å². The SMILES string of the molecule is O=C(Nc1ccccc1F)c1nc(N2CCCC2)c2oc3ccccc3c2n1. The van der Waals surface area contributed by atoms with Crippen LogP contribution in [0.5, 0.6) is 0 Å². The molecule has 7 heteroatoms. The van der Waals surface area contributed by atoms with E-state index in [9.17, 15) is 9.18 Å². The van der Waals surface area contributed by atoms with Crippen molar-refractivity contribution in [1.82, 2.24) is 9.97 Å². The Kier molecular flexibility index (Phi) is 3.93. The predicted molar refractivity (Wildman–Crippen MR) is 105 cm³/mol. The highest BCUT2D eigenvalue weighted by molar-refractivity contribution is 6.09. The highest BCUT2D eigenvalue weighted by Crippen LogP contribution is 2.34. The largest absolute Gasteiger partial charge is 0.450 e. The molecule has 6 nitrogen and oxygen atoms in total. The third kappa shape index (κ3) is 2.76. The van der Waals surface area contributed by atoms with Crippen molar-refractivity contribution in [3.8, 4) is 0 Å². The lowest BCUT2D eigenvalue weighted by molar-refractivity contribution is 0.101. The summed E-state index contributed by atoms with van der Waals surface area (Å²) >= 11 is 0. The maximum atomic E-state index is 13.9. The van der Waals surface area contributed by atoms with E-state index >= 15 is 0 Å². The quantitative estimate of drug-likeness (QED) is 0.575. The van der Waals surface area contributed by atoms with Crippen LogP contribution in [0.15, 0.2) is 52.9 Å². The van der Waals surface area contributed by atoms with Gasteiger partial charge in [0.2, 0.25) is 5.82 Å². The average molecular weight is 376 g/mol. The van der Waals surface area contributed by atoms with Crippen molar-refractivity contribution in [2.45, 2.75) is 12.8 Å². The van der Waals surface area contributed by atoms with Gasteiger partial charge in [0.05, 0.1) is 5.69 Å². The van der Waals surface area contributed by atoms with E-state index in [1.165, 1.54) is 12.1 Å². The van der Waals surface area contributed by atoms with Crippen molar-refractivity contribution in [3.05, 3.63) is 60.2 Å². The van der Waals surface area contributed by atoms with Crippen molar-refractivity contribution in [2.24, 2.45) is 0 Å². The average Bonchev–Trinajstić information content (AvgIpc) is 3.37. The summed E-state index contributed by atoms with van der Waals surface area (Å²) in [5.74, 6) is -0.468. The number of rotatable bonds is 3. The zero-order valence-corrected chi connectivity index (χ0v) is 15.0. The van der Waals surface area contributed by atoms with Crippen molar-refractivity contribution < 1.29 is 13.6 Å². The molecule has 0 bridgehead atoms. The summed E-state index contributed by atoms with van der Waals surface area (Å²) in [6.45, 7) is 1.69. The third-order valence-electron chi connectivity index (χ3n) is 4.93. The zero-order chi connectivity index (χ0) is 19.1. The van der Waals surface area contributed by atoms with E-state index < -0.39 is 11.7 Å². The molecule has 5 rings (SSSR count). The molecule has 0 spiro atoms. The third-order valence-corrected chi connectivity index (χ3v) is 4.93. The van der Waals surface area contributed by atoms with Crippen molar-refractivity contribution >= 4 is 39.5 Å². The van der Waals surface area contributed by atoms with Crippen LogP contribution < -0.4 is 10.2 Å². The lowest BCUT2D eigenvalue weighted by atomic mass is 10.2. The molecule has 1 N–H and O–H groups in total. The van der Waals surface area contributed by atoms with Gasteiger partial charge < -0.3 is 14.6 Å². The number of carbonyl (C=O) groups excluding carboxylic acids is 1. The van der Waals surface area contributed by atoms with E-state index in [1.807, 2.05) is 24.3 Å². The fourth-order valence-electron chi connectivity index (χ4n) is 3.56. The van der Waals surface area contributed by atoms with Crippen LogP contribution in [0.2, 0.25) is 0 Å². The summed E-state index contributed by atoms with van der Waals surface area (Å²) in [6.07, 6.45) is 2.12. The second kappa shape index (κ2) is 6.60. The van der Waals surface area contributed by atoms with Crippen LogP contribution in [0.1, 0.15) is 23.5 Å². The Morgan fingerprint density at radius 3 is 2.61 bits per heavy atom. The number of halogens is 1. The number of aromatic nitrogens is 2. The lowest BCUT2D eigenvalue weighted by Crippen LogP contribution is -2.23. The molecular formula is C21H17FN4O2. The fourth-order valence-corrected chi connectivity index (χ4v) is 3.56. The molecule has 2 aromatic heterocycles. The lowest BCUT2D eigenvalue weighted by Gasteiger charge is -2.17. The molecule has 1 aliphatic heterocycles. The zero-order valence-electron chi connectivity index (χ0n) is 15.0. The van der Waals surface area contributed by atoms with Gasteiger partial charge in [-0.05, 0) is 37.1 Å². The number of carbonyl (C=O) groups is 1. The maximum absolute atomic E-state index is 13.9. The molecule has 28 heavy (non-hydrogen) atoms. The van der Waals surface area contributed by atoms with Gasteiger partial charge >= 0.3 is 0 Å². The first-order chi connectivity index (χ1) is 13.7. The Bertz CT molecular complexity index is 1200. The first-order valence-corrected chi connectivity index (χ1v) is 9.21. The first-order valence-electron chi connectivity index (χ1n) is 9.21. The standard InChI is InChI=1S/C21H17FN4O2/c22-14-8-2-3-9-15(14)23-21(27)19-24-17-13-7-1-4-10-16(13)28-18(17)20(25-19)26-11-5-6-12-26/h1-4,7-10H,5-6,11-12H2,(H,23,27). The topological polar surface area (TPSA) is 71.3 Å². The number of benzene rings is 2. The number of hydrogen-bond donors (Lipinski definition) is 1. The molecule has 1 fully saturated rings. The van der Waals surface area contributed by atoms with E-state index in [-0.39, 0.29) is 11.5 Å². The fraction of sp³-hybridized carbons (Fsp3) is 0.190. The van der Waals surface area contributed by atoms with E-state index in [0.29, 0.717) is 22.5 Å². The van der Waals surface area contributed by atoms with Gasteiger partial charge in [0.1, 0.15) is 16.9 Å². The van der Waals surface area contributed by atoms with Crippen LogP contribution >= 0.6 is 0 Å². The van der Waals surface area contributed by atoms with Crippen molar-refractivity contribution in [2.75, 3.05) is 23.3 Å². The molecule has 2 aromatic carbocycles. The molecule has 0 unspecified atom stereocenters. The summed E-state index contributed by atoms with van der Waals surface area (Å²) < 4.78 is 19.9. The van der Waals surface area contributed by atoms with E-state index in [1.54, 1.807) is 12.1 Å². The van der Waals surface area contributed by atoms with Gasteiger partial charge in [0, 0.05) is 18.5 Å². The predicted octanol–water partition coefficient (Wildman–Crippen LogP) is 4.37. The summed E-state index contributed by atoms with van der Waals surface area (Å²) in [4.78, 5) is 23.8. The Balaban J connectivity index is 1.65. The normalized spacial score (nSPS) is 14.1. The summed E-state index contributed by atoms with van der Waals surface area (Å²) in [5, 5.41) is 3.38. The number of para-hydroxylation sites is 2. The second-order valence-electron chi connectivity index (χ2n) is 6.77. The molecule has 0 saturated carbocycles. The number of furan rings is 1. The second-order valence-corrected chi connectivity index (χ2v) is 6.77. The molecule has 1 amide bonds. The highest BCUT2D eigenvalue weighted by atomic mass is 19.1. The van der Waals surface area contributed by atoms with Gasteiger partial charge in [-0.25, -0.2) is 14.4 Å². The van der Waals surface area contributed by atoms with Crippen molar-refractivity contribution in [3.63, 3.8) is 0 Å². The summed E-state index contributed by atoms with van der Waals surface area (Å²) in [5.41, 5.74) is 1.95. The van der Waals surface area contributed by atoms with Crippen LogP contribution in [0.25, 0.3) is 22.1 Å². The van der Waals surface area contributed by atoms with E-state index in [2.05, 4.69) is 20.2 Å². The minimum atomic E-state index is -0.558. The molecule has 4 aromatic rings. The Morgan fingerprint density at radius 1 is 1.04 bits per heavy atom. The Hall–Kier alpha value is -3.48. The van der Waals surface area contributed by atoms with Crippen LogP contribution in [-0.4, -0.2) is 29.0 Å². The first kappa shape index (κ1) is 16.7. The molecule has 0 aliphatic carbocycles. The highest BCUT2D eigenvalue weighted by Gasteiger charge is 2.24. The summed E-state index contributed by atoms with van der Waals surface area (Å²) in [7, 11) is 0. The van der Waals surface area contributed by atoms with Crippen LogP contribution in [-0.2, 0) is 0 Å². The number of nitrogens with zero attached hydrogens (tertiary/aromatic N) is 3. The number of fused-ring (bicyclic) bond motifs is 3. The monoisotopic (exact) mass is 376 g/mol. The molecule has 0 atom stereocenters. The van der Waals surface area contributed by atoms with Crippen LogP contribution in [0.3, 0.4) is 0 Å². The Morgan fingerprint density at radius 2 is 1.79 bits per heavy atom. The molecule has 1 aliphatic rings. The molecule has 3 heterocycles. The van der Waals surface area contributed by atoms with Crippen molar-refractivity contribution in [1.29, 1.82) is 0 Å². The minimum absolute atomic E-state index is 0.00999. The van der Waals surface area contributed by atoms with Gasteiger partial charge in [-0.1, -0.05) is 24.3 Å². The number of amides is 1. The van der Waals surface area contributed by atoms with E-state index in [4.69, 9.17) is 4.42 Å². The molecule has 0 radical (unpaired) electrons. The number of nitrogens with one attached hydrogen (secondary N) is 1. The number of hydrogen-bond acceptors (Lipinski definition) is 5. The number of anilines is 2. The maximum Gasteiger partial charge on any atom is 0.293 e. The van der Waals surface area contributed by atoms with Crippen LogP contribution in [0.4, 0.5) is 15.9 Å². The van der Waals surface area contributed by atoms with E-state index in [0.717, 1.165) is 31.3 Å². The molecule has 1 saturated heterocycles. The minimum Gasteiger partial charge on any atom is -0.450 e. The summed E-state index contributed by atoms with van der Waals surface area (Å²) in [6, 6.07) is 13.6. The van der Waals surface area contributed by atoms with Gasteiger partial charge in [-0.2, -0.15) is 0 Å². The van der Waals surface area contributed by atoms with Gasteiger partial charge in [-0.15, -0.1) is 0 Å².